The van der Waals surface area contributed by atoms with Crippen LogP contribution in [-0.4, -0.2) is 4.57 Å². The van der Waals surface area contributed by atoms with Gasteiger partial charge < -0.3 is 9.47 Å². The van der Waals surface area contributed by atoms with Gasteiger partial charge in [0.1, 0.15) is 0 Å². The highest BCUT2D eigenvalue weighted by Gasteiger charge is 2.22. The smallest absolute Gasteiger partial charge is 0.0541 e. The van der Waals surface area contributed by atoms with Crippen LogP contribution in [-0.2, 0) is 0 Å². The molecule has 0 amide bonds. The second kappa shape index (κ2) is 13.9. The molecular formula is C58H38N2. The summed E-state index contributed by atoms with van der Waals surface area (Å²) >= 11 is 0. The van der Waals surface area contributed by atoms with Gasteiger partial charge in [-0.3, -0.25) is 0 Å². The lowest BCUT2D eigenvalue weighted by molar-refractivity contribution is 1.18. The Hall–Kier alpha value is -7.94. The number of rotatable bonds is 7. The molecule has 0 bridgehead atoms. The van der Waals surface area contributed by atoms with Gasteiger partial charge in [-0.15, -0.1) is 0 Å². The van der Waals surface area contributed by atoms with Crippen LogP contribution in [0.2, 0.25) is 0 Å². The zero-order chi connectivity index (χ0) is 39.6. The summed E-state index contributed by atoms with van der Waals surface area (Å²) in [5.74, 6) is 0. The van der Waals surface area contributed by atoms with Gasteiger partial charge in [-0.25, -0.2) is 0 Å². The normalized spacial score (nSPS) is 11.7. The van der Waals surface area contributed by atoms with Crippen molar-refractivity contribution in [1.29, 1.82) is 0 Å². The van der Waals surface area contributed by atoms with Crippen LogP contribution >= 0.6 is 0 Å². The molecule has 0 atom stereocenters. The van der Waals surface area contributed by atoms with Crippen LogP contribution in [0.1, 0.15) is 0 Å². The lowest BCUT2D eigenvalue weighted by Crippen LogP contribution is -2.09. The number of hydrogen-bond acceptors (Lipinski definition) is 1. The highest BCUT2D eigenvalue weighted by Crippen LogP contribution is 2.49. The van der Waals surface area contributed by atoms with E-state index in [-0.39, 0.29) is 0 Å². The molecule has 0 spiro atoms. The third-order valence-corrected chi connectivity index (χ3v) is 12.4. The predicted molar refractivity (Wildman–Crippen MR) is 254 cm³/mol. The SMILES string of the molecule is c1ccc(N(c2ccc(-c3ccc(-c4ccc5c6c(cccc46)-c4ccccc4-5)cc3)cc2)c2ccc(-c3ccc4c(c3)c3ccccc3n4-c3ccccc3)cc2)cc1. The predicted octanol–water partition coefficient (Wildman–Crippen LogP) is 16.1. The maximum Gasteiger partial charge on any atom is 0.0541 e. The van der Waals surface area contributed by atoms with E-state index >= 15 is 0 Å². The van der Waals surface area contributed by atoms with E-state index in [1.807, 2.05) is 0 Å². The third-order valence-electron chi connectivity index (χ3n) is 12.4. The Morgan fingerprint density at radius 1 is 0.267 bits per heavy atom. The number of aromatic nitrogens is 1. The summed E-state index contributed by atoms with van der Waals surface area (Å²) < 4.78 is 2.37. The van der Waals surface area contributed by atoms with Crippen molar-refractivity contribution in [3.8, 4) is 61.3 Å². The summed E-state index contributed by atoms with van der Waals surface area (Å²) in [6.07, 6.45) is 0. The van der Waals surface area contributed by atoms with E-state index in [1.165, 1.54) is 93.9 Å². The molecule has 0 radical (unpaired) electrons. The van der Waals surface area contributed by atoms with Crippen molar-refractivity contribution in [1.82, 2.24) is 4.57 Å². The molecule has 0 unspecified atom stereocenters. The summed E-state index contributed by atoms with van der Waals surface area (Å²) in [5.41, 5.74) is 19.5. The zero-order valence-electron chi connectivity index (χ0n) is 32.8. The van der Waals surface area contributed by atoms with Crippen molar-refractivity contribution >= 4 is 49.6 Å². The number of fused-ring (bicyclic) bond motifs is 6. The van der Waals surface area contributed by atoms with Gasteiger partial charge in [-0.2, -0.15) is 0 Å². The lowest BCUT2D eigenvalue weighted by atomic mass is 9.93. The Bertz CT molecular complexity index is 3350. The first-order valence-corrected chi connectivity index (χ1v) is 20.7. The molecule has 0 fully saturated rings. The number of nitrogens with zero attached hydrogens (tertiary/aromatic N) is 2. The van der Waals surface area contributed by atoms with E-state index in [0.29, 0.717) is 0 Å². The van der Waals surface area contributed by atoms with Crippen molar-refractivity contribution in [3.63, 3.8) is 0 Å². The standard InChI is InChI=1S/C58H38N2/c1-3-12-44(13-4-1)59(47-33-28-41(29-34-47)43-30-37-57-55(38-43)51-18-9-10-21-56(51)60(57)45-14-5-2-6-15-45)46-31-26-40(27-32-46)39-22-24-42(25-23-39)48-35-36-54-50-17-8-7-16-49(50)53-20-11-19-52(48)58(53)54/h1-38H. The highest BCUT2D eigenvalue weighted by molar-refractivity contribution is 6.18. The van der Waals surface area contributed by atoms with Gasteiger partial charge in [0.25, 0.3) is 0 Å². The number of anilines is 3. The third kappa shape index (κ3) is 5.50. The molecule has 0 aliphatic heterocycles. The Morgan fingerprint density at radius 3 is 1.43 bits per heavy atom. The summed E-state index contributed by atoms with van der Waals surface area (Å²) in [5, 5.41) is 5.18. The minimum Gasteiger partial charge on any atom is -0.311 e. The molecule has 1 aliphatic rings. The molecule has 1 aromatic heterocycles. The fourth-order valence-electron chi connectivity index (χ4n) is 9.54. The average molecular weight is 763 g/mol. The van der Waals surface area contributed by atoms with Gasteiger partial charge in [-0.05, 0) is 133 Å². The molecule has 0 saturated carbocycles. The number of benzene rings is 10. The van der Waals surface area contributed by atoms with Gasteiger partial charge in [-0.1, -0.05) is 164 Å². The largest absolute Gasteiger partial charge is 0.311 e. The highest BCUT2D eigenvalue weighted by atomic mass is 15.1. The Labute approximate surface area is 349 Å². The molecule has 0 saturated heterocycles. The first-order valence-electron chi connectivity index (χ1n) is 20.7. The van der Waals surface area contributed by atoms with Gasteiger partial charge in [0.15, 0.2) is 0 Å². The summed E-state index contributed by atoms with van der Waals surface area (Å²) in [6, 6.07) is 83.9. The van der Waals surface area contributed by atoms with Crippen molar-refractivity contribution in [2.24, 2.45) is 0 Å². The van der Waals surface area contributed by atoms with E-state index in [2.05, 4.69) is 240 Å². The molecule has 1 heterocycles. The zero-order valence-corrected chi connectivity index (χ0v) is 32.8. The van der Waals surface area contributed by atoms with E-state index in [0.717, 1.165) is 17.1 Å². The Morgan fingerprint density at radius 2 is 0.733 bits per heavy atom. The van der Waals surface area contributed by atoms with Crippen molar-refractivity contribution in [3.05, 3.63) is 231 Å². The van der Waals surface area contributed by atoms with Crippen LogP contribution in [0, 0.1) is 0 Å². The summed E-state index contributed by atoms with van der Waals surface area (Å²) in [4.78, 5) is 2.33. The fraction of sp³-hybridized carbons (Fsp3) is 0. The van der Waals surface area contributed by atoms with Crippen molar-refractivity contribution in [2.45, 2.75) is 0 Å². The minimum absolute atomic E-state index is 1.11. The first-order chi connectivity index (χ1) is 29.8. The topological polar surface area (TPSA) is 8.17 Å². The maximum absolute atomic E-state index is 2.37. The number of hydrogen-bond donors (Lipinski definition) is 0. The average Bonchev–Trinajstić information content (AvgIpc) is 3.84. The molecule has 0 N–H and O–H groups in total. The van der Waals surface area contributed by atoms with Crippen LogP contribution in [0.3, 0.4) is 0 Å². The molecule has 280 valence electrons. The summed E-state index contributed by atoms with van der Waals surface area (Å²) in [6.45, 7) is 0. The van der Waals surface area contributed by atoms with E-state index in [1.54, 1.807) is 0 Å². The second-order valence-electron chi connectivity index (χ2n) is 15.7. The van der Waals surface area contributed by atoms with Crippen LogP contribution in [0.5, 0.6) is 0 Å². The lowest BCUT2D eigenvalue weighted by Gasteiger charge is -2.26. The van der Waals surface area contributed by atoms with Crippen molar-refractivity contribution < 1.29 is 0 Å². The van der Waals surface area contributed by atoms with Gasteiger partial charge in [0.2, 0.25) is 0 Å². The van der Waals surface area contributed by atoms with Crippen LogP contribution in [0.25, 0.3) is 93.9 Å². The van der Waals surface area contributed by atoms with Crippen LogP contribution in [0.15, 0.2) is 231 Å². The molecular weight excluding hydrogens is 725 g/mol. The van der Waals surface area contributed by atoms with Gasteiger partial charge in [0, 0.05) is 33.5 Å². The molecule has 10 aromatic carbocycles. The molecule has 12 rings (SSSR count). The molecule has 11 aromatic rings. The quantitative estimate of drug-likeness (QED) is 0.157. The van der Waals surface area contributed by atoms with Crippen LogP contribution < -0.4 is 4.90 Å². The first kappa shape index (κ1) is 34.1. The minimum atomic E-state index is 1.11. The molecule has 2 nitrogen and oxygen atoms in total. The summed E-state index contributed by atoms with van der Waals surface area (Å²) in [7, 11) is 0. The fourth-order valence-corrected chi connectivity index (χ4v) is 9.54. The van der Waals surface area contributed by atoms with E-state index in [4.69, 9.17) is 0 Å². The molecule has 60 heavy (non-hydrogen) atoms. The molecule has 1 aliphatic carbocycles. The monoisotopic (exact) mass is 762 g/mol. The van der Waals surface area contributed by atoms with Gasteiger partial charge >= 0.3 is 0 Å². The molecule has 2 heteroatoms. The maximum atomic E-state index is 2.37. The van der Waals surface area contributed by atoms with Crippen LogP contribution in [0.4, 0.5) is 17.1 Å². The Balaban J connectivity index is 0.849. The van der Waals surface area contributed by atoms with E-state index < -0.39 is 0 Å². The van der Waals surface area contributed by atoms with Gasteiger partial charge in [0.05, 0.1) is 11.0 Å². The Kier molecular flexibility index (Phi) is 7.89. The van der Waals surface area contributed by atoms with E-state index in [9.17, 15) is 0 Å². The van der Waals surface area contributed by atoms with Crippen molar-refractivity contribution in [2.75, 3.05) is 4.90 Å². The second-order valence-corrected chi connectivity index (χ2v) is 15.7. The number of para-hydroxylation sites is 3.